The predicted molar refractivity (Wildman–Crippen MR) is 117 cm³/mol. The van der Waals surface area contributed by atoms with Gasteiger partial charge in [0.05, 0.1) is 30.1 Å². The van der Waals surface area contributed by atoms with Crippen molar-refractivity contribution in [3.05, 3.63) is 75.3 Å². The lowest BCUT2D eigenvalue weighted by molar-refractivity contribution is 0.0492. The average Bonchev–Trinajstić information content (AvgIpc) is 3.59. The maximum atomic E-state index is 13.0. The molecule has 3 heterocycles. The highest BCUT2D eigenvalue weighted by Crippen LogP contribution is 2.41. The van der Waals surface area contributed by atoms with Crippen LogP contribution in [0.3, 0.4) is 0 Å². The Kier molecular flexibility index (Phi) is 4.98. The van der Waals surface area contributed by atoms with Crippen molar-refractivity contribution in [1.82, 2.24) is 19.7 Å². The maximum Gasteiger partial charge on any atom is 0.267 e. The summed E-state index contributed by atoms with van der Waals surface area (Å²) in [5, 5.41) is 5.11. The van der Waals surface area contributed by atoms with Gasteiger partial charge in [0.25, 0.3) is 11.5 Å². The molecule has 0 bridgehead atoms. The fraction of sp³-hybridized carbons (Fsp3) is 0.304. The van der Waals surface area contributed by atoms with E-state index < -0.39 is 0 Å². The molecule has 1 aliphatic carbocycles. The molecule has 0 unspecified atom stereocenters. The first-order valence-electron chi connectivity index (χ1n) is 10.2. The van der Waals surface area contributed by atoms with Crippen LogP contribution >= 0.6 is 11.6 Å². The van der Waals surface area contributed by atoms with Crippen LogP contribution in [0.2, 0.25) is 5.02 Å². The molecule has 31 heavy (non-hydrogen) atoms. The van der Waals surface area contributed by atoms with Crippen molar-refractivity contribution in [2.45, 2.75) is 24.8 Å². The summed E-state index contributed by atoms with van der Waals surface area (Å²) in [6.45, 7) is 0.873. The van der Waals surface area contributed by atoms with Gasteiger partial charge in [-0.05, 0) is 49.2 Å². The molecule has 1 amide bonds. The fourth-order valence-corrected chi connectivity index (χ4v) is 4.10. The third-order valence-electron chi connectivity index (χ3n) is 5.79. The van der Waals surface area contributed by atoms with Gasteiger partial charge < -0.3 is 9.64 Å². The number of carbonyl (C=O) groups excluding carboxylic acids is 1. The molecular formula is C23H21ClN4O3. The number of amides is 1. The number of pyridine rings is 1. The Morgan fingerprint density at radius 3 is 2.71 bits per heavy atom. The van der Waals surface area contributed by atoms with Crippen molar-refractivity contribution in [3.63, 3.8) is 0 Å². The number of carbonyl (C=O) groups is 1. The minimum Gasteiger partial charge on any atom is -0.496 e. The van der Waals surface area contributed by atoms with Crippen LogP contribution in [-0.2, 0) is 0 Å². The second-order valence-corrected chi connectivity index (χ2v) is 8.36. The Bertz CT molecular complexity index is 1220. The van der Waals surface area contributed by atoms with Crippen LogP contribution in [0, 0.1) is 0 Å². The normalized spacial score (nSPS) is 16.1. The van der Waals surface area contributed by atoms with E-state index in [1.54, 1.807) is 42.5 Å². The smallest absolute Gasteiger partial charge is 0.267 e. The van der Waals surface area contributed by atoms with Gasteiger partial charge in [-0.25, -0.2) is 4.68 Å². The molecule has 1 saturated heterocycles. The summed E-state index contributed by atoms with van der Waals surface area (Å²) < 4.78 is 6.87. The van der Waals surface area contributed by atoms with E-state index in [0.717, 1.165) is 24.1 Å². The van der Waals surface area contributed by atoms with Crippen LogP contribution in [-0.4, -0.2) is 45.8 Å². The zero-order valence-corrected chi connectivity index (χ0v) is 17.7. The molecule has 2 aromatic heterocycles. The number of aromatic nitrogens is 3. The molecule has 3 aromatic rings. The number of nitrogens with zero attached hydrogens (tertiary/aromatic N) is 4. The molecule has 0 radical (unpaired) electrons. The Morgan fingerprint density at radius 2 is 1.97 bits per heavy atom. The highest BCUT2D eigenvalue weighted by atomic mass is 35.5. The third-order valence-corrected chi connectivity index (χ3v) is 6.03. The molecule has 158 valence electrons. The molecule has 1 aliphatic heterocycles. The lowest BCUT2D eigenvalue weighted by atomic mass is 10.0. The van der Waals surface area contributed by atoms with Crippen LogP contribution in [0.5, 0.6) is 5.75 Å². The molecule has 0 atom stereocenters. The Labute approximate surface area is 184 Å². The quantitative estimate of drug-likeness (QED) is 0.611. The standard InChI is InChI=1S/C23H21ClN4O3/c1-31-20-11-15(24)6-7-17(20)19-8-9-21(29)28(26-19)16-12-27(13-16)23(30)18-3-2-10-25-22(18)14-4-5-14/h2-3,6-11,14,16H,4-5,12-13H2,1H3. The van der Waals surface area contributed by atoms with Crippen LogP contribution < -0.4 is 10.3 Å². The van der Waals surface area contributed by atoms with Gasteiger partial charge in [-0.3, -0.25) is 14.6 Å². The summed E-state index contributed by atoms with van der Waals surface area (Å²) in [6, 6.07) is 11.9. The number of methoxy groups -OCH3 is 1. The molecule has 0 N–H and O–H groups in total. The van der Waals surface area contributed by atoms with Gasteiger partial charge in [0.1, 0.15) is 5.75 Å². The maximum absolute atomic E-state index is 13.0. The van der Waals surface area contributed by atoms with E-state index in [1.165, 1.54) is 10.7 Å². The van der Waals surface area contributed by atoms with Gasteiger partial charge in [0.15, 0.2) is 0 Å². The van der Waals surface area contributed by atoms with Gasteiger partial charge in [-0.1, -0.05) is 11.6 Å². The Hall–Kier alpha value is -3.19. The summed E-state index contributed by atoms with van der Waals surface area (Å²) in [4.78, 5) is 31.6. The van der Waals surface area contributed by atoms with E-state index in [2.05, 4.69) is 10.1 Å². The largest absolute Gasteiger partial charge is 0.496 e. The fourth-order valence-electron chi connectivity index (χ4n) is 3.93. The molecule has 5 rings (SSSR count). The highest BCUT2D eigenvalue weighted by Gasteiger charge is 2.37. The number of likely N-dealkylation sites (tertiary alicyclic amines) is 1. The Balaban J connectivity index is 1.37. The SMILES string of the molecule is COc1cc(Cl)ccc1-c1ccc(=O)n(C2CN(C(=O)c3cccnc3C3CC3)C2)n1. The average molecular weight is 437 g/mol. The minimum atomic E-state index is -0.200. The van der Waals surface area contributed by atoms with Crippen molar-refractivity contribution in [2.75, 3.05) is 20.2 Å². The molecule has 7 nitrogen and oxygen atoms in total. The first kappa shape index (κ1) is 19.8. The molecular weight excluding hydrogens is 416 g/mol. The molecule has 8 heteroatoms. The summed E-state index contributed by atoms with van der Waals surface area (Å²) in [7, 11) is 1.56. The van der Waals surface area contributed by atoms with Gasteiger partial charge in [-0.2, -0.15) is 5.10 Å². The van der Waals surface area contributed by atoms with Crippen molar-refractivity contribution < 1.29 is 9.53 Å². The Morgan fingerprint density at radius 1 is 1.16 bits per heavy atom. The van der Waals surface area contributed by atoms with Gasteiger partial charge in [-0.15, -0.1) is 0 Å². The number of hydrogen-bond acceptors (Lipinski definition) is 5. The predicted octanol–water partition coefficient (Wildman–Crippen LogP) is 3.54. The zero-order valence-electron chi connectivity index (χ0n) is 17.0. The molecule has 1 saturated carbocycles. The highest BCUT2D eigenvalue weighted by molar-refractivity contribution is 6.30. The van der Waals surface area contributed by atoms with Crippen molar-refractivity contribution >= 4 is 17.5 Å². The van der Waals surface area contributed by atoms with Gasteiger partial charge in [0.2, 0.25) is 0 Å². The van der Waals surface area contributed by atoms with E-state index in [9.17, 15) is 9.59 Å². The lowest BCUT2D eigenvalue weighted by Gasteiger charge is -2.39. The molecule has 0 spiro atoms. The molecule has 1 aromatic carbocycles. The topological polar surface area (TPSA) is 77.3 Å². The van der Waals surface area contributed by atoms with E-state index in [0.29, 0.717) is 41.0 Å². The summed E-state index contributed by atoms with van der Waals surface area (Å²) in [5.74, 6) is 0.946. The van der Waals surface area contributed by atoms with Crippen molar-refractivity contribution in [3.8, 4) is 17.0 Å². The summed E-state index contributed by atoms with van der Waals surface area (Å²) >= 11 is 6.05. The van der Waals surface area contributed by atoms with Gasteiger partial charge in [0, 0.05) is 41.9 Å². The van der Waals surface area contributed by atoms with Crippen LogP contribution in [0.25, 0.3) is 11.3 Å². The first-order valence-corrected chi connectivity index (χ1v) is 10.6. The summed E-state index contributed by atoms with van der Waals surface area (Å²) in [6.07, 6.45) is 3.91. The molecule has 2 fully saturated rings. The monoisotopic (exact) mass is 436 g/mol. The second kappa shape index (κ2) is 7.81. The van der Waals surface area contributed by atoms with Crippen LogP contribution in [0.15, 0.2) is 53.5 Å². The number of benzene rings is 1. The third kappa shape index (κ3) is 3.70. The number of halogens is 1. The van der Waals surface area contributed by atoms with E-state index in [-0.39, 0.29) is 17.5 Å². The van der Waals surface area contributed by atoms with E-state index >= 15 is 0 Å². The first-order chi connectivity index (χ1) is 15.0. The van der Waals surface area contributed by atoms with Crippen LogP contribution in [0.4, 0.5) is 0 Å². The van der Waals surface area contributed by atoms with Crippen LogP contribution in [0.1, 0.15) is 40.9 Å². The van der Waals surface area contributed by atoms with E-state index in [1.807, 2.05) is 12.1 Å². The number of ether oxygens (including phenoxy) is 1. The molecule has 2 aliphatic rings. The zero-order chi connectivity index (χ0) is 21.5. The summed E-state index contributed by atoms with van der Waals surface area (Å²) in [5.41, 5.74) is 2.72. The number of rotatable bonds is 5. The number of hydrogen-bond donors (Lipinski definition) is 0. The second-order valence-electron chi connectivity index (χ2n) is 7.92. The van der Waals surface area contributed by atoms with Crippen molar-refractivity contribution in [2.24, 2.45) is 0 Å². The van der Waals surface area contributed by atoms with E-state index in [4.69, 9.17) is 16.3 Å². The van der Waals surface area contributed by atoms with Gasteiger partial charge >= 0.3 is 0 Å². The minimum absolute atomic E-state index is 0.0326. The van der Waals surface area contributed by atoms with Crippen molar-refractivity contribution in [1.29, 1.82) is 0 Å². The lowest BCUT2D eigenvalue weighted by Crippen LogP contribution is -2.53.